The molecule has 0 aromatic heterocycles. The van der Waals surface area contributed by atoms with Crippen LogP contribution in [0.3, 0.4) is 0 Å². The number of hydrogen-bond donors (Lipinski definition) is 1. The van der Waals surface area contributed by atoms with Crippen LogP contribution in [-0.2, 0) is 21.6 Å². The van der Waals surface area contributed by atoms with Gasteiger partial charge in [0.15, 0.2) is 0 Å². The number of rotatable bonds is 4. The van der Waals surface area contributed by atoms with Crippen LogP contribution < -0.4 is 5.73 Å². The fraction of sp³-hybridized carbons (Fsp3) is 0.200. The molecule has 0 aliphatic heterocycles. The van der Waals surface area contributed by atoms with E-state index in [1.165, 1.54) is 0 Å². The van der Waals surface area contributed by atoms with Gasteiger partial charge in [0.05, 0.1) is 6.04 Å². The third-order valence-electron chi connectivity index (χ3n) is 3.14. The first-order valence-electron chi connectivity index (χ1n) is 6.11. The zero-order valence-electron chi connectivity index (χ0n) is 11.4. The van der Waals surface area contributed by atoms with Crippen LogP contribution in [0.15, 0.2) is 58.3 Å². The quantitative estimate of drug-likeness (QED) is 0.942. The van der Waals surface area contributed by atoms with Crippen molar-refractivity contribution in [1.82, 2.24) is 0 Å². The highest BCUT2D eigenvalue weighted by atomic mass is 32.2. The Morgan fingerprint density at radius 2 is 1.05 bits per heavy atom. The number of nitrogens with two attached hydrogens (primary N) is 1. The van der Waals surface area contributed by atoms with E-state index in [2.05, 4.69) is 0 Å². The van der Waals surface area contributed by atoms with Crippen LogP contribution in [0.2, 0.25) is 0 Å². The average Bonchev–Trinajstić information content (AvgIpc) is 2.46. The molecular weight excluding hydrogens is 290 g/mol. The topological polar surface area (TPSA) is 60.2 Å². The predicted octanol–water partition coefficient (Wildman–Crippen LogP) is 2.21. The van der Waals surface area contributed by atoms with Crippen LogP contribution >= 0.6 is 0 Å². The summed E-state index contributed by atoms with van der Waals surface area (Å²) >= 11 is 0. The summed E-state index contributed by atoms with van der Waals surface area (Å²) in [5.41, 5.74) is 8.14. The Balaban J connectivity index is 2.24. The summed E-state index contributed by atoms with van der Waals surface area (Å²) in [4.78, 5) is 1.58. The van der Waals surface area contributed by atoms with Crippen molar-refractivity contribution in [2.45, 2.75) is 15.8 Å². The molecule has 2 rings (SSSR count). The number of hydrogen-bond acceptors (Lipinski definition) is 3. The Bertz CT molecular complexity index is 578. The van der Waals surface area contributed by atoms with E-state index in [0.717, 1.165) is 20.9 Å². The molecule has 2 unspecified atom stereocenters. The zero-order valence-corrected chi connectivity index (χ0v) is 13.0. The molecule has 0 aliphatic carbocycles. The Morgan fingerprint density at radius 3 is 1.30 bits per heavy atom. The van der Waals surface area contributed by atoms with Crippen LogP contribution in [0.4, 0.5) is 0 Å². The van der Waals surface area contributed by atoms with Crippen molar-refractivity contribution in [3.05, 3.63) is 59.7 Å². The molecule has 3 nitrogen and oxygen atoms in total. The maximum absolute atomic E-state index is 11.3. The van der Waals surface area contributed by atoms with Crippen LogP contribution in [0, 0.1) is 0 Å². The van der Waals surface area contributed by atoms with Gasteiger partial charge in [-0.05, 0) is 35.4 Å². The van der Waals surface area contributed by atoms with Crippen molar-refractivity contribution < 1.29 is 8.42 Å². The van der Waals surface area contributed by atoms with E-state index in [0.29, 0.717) is 0 Å². The fourth-order valence-electron chi connectivity index (χ4n) is 1.93. The highest BCUT2D eigenvalue weighted by Crippen LogP contribution is 2.21. The van der Waals surface area contributed by atoms with Gasteiger partial charge in [0, 0.05) is 43.9 Å². The molecule has 0 bridgehead atoms. The summed E-state index contributed by atoms with van der Waals surface area (Å²) in [6.07, 6.45) is 3.30. The molecule has 5 heteroatoms. The van der Waals surface area contributed by atoms with Gasteiger partial charge in [-0.1, -0.05) is 24.3 Å². The molecule has 0 saturated carbocycles. The van der Waals surface area contributed by atoms with Crippen LogP contribution in [0.5, 0.6) is 0 Å². The molecule has 0 aliphatic rings. The van der Waals surface area contributed by atoms with Crippen LogP contribution in [-0.4, -0.2) is 20.9 Å². The van der Waals surface area contributed by atoms with Crippen molar-refractivity contribution in [1.29, 1.82) is 0 Å². The molecule has 0 fully saturated rings. The van der Waals surface area contributed by atoms with Gasteiger partial charge in [0.25, 0.3) is 0 Å². The molecule has 0 amide bonds. The Kier molecular flexibility index (Phi) is 4.86. The fourth-order valence-corrected chi connectivity index (χ4v) is 2.96. The minimum atomic E-state index is -0.978. The molecule has 20 heavy (non-hydrogen) atoms. The van der Waals surface area contributed by atoms with Crippen molar-refractivity contribution >= 4 is 21.6 Å². The van der Waals surface area contributed by atoms with E-state index >= 15 is 0 Å². The highest BCUT2D eigenvalue weighted by molar-refractivity contribution is 7.84. The lowest BCUT2D eigenvalue weighted by molar-refractivity contribution is 0.686. The SMILES string of the molecule is CS(=O)c1ccc(C(N)c2ccc(S(C)=O)cc2)cc1. The Morgan fingerprint density at radius 1 is 0.750 bits per heavy atom. The lowest BCUT2D eigenvalue weighted by Crippen LogP contribution is -2.11. The van der Waals surface area contributed by atoms with Gasteiger partial charge >= 0.3 is 0 Å². The van der Waals surface area contributed by atoms with Gasteiger partial charge in [-0.25, -0.2) is 0 Å². The minimum absolute atomic E-state index is 0.242. The normalized spacial score (nSPS) is 15.6. The average molecular weight is 307 g/mol. The van der Waals surface area contributed by atoms with Crippen molar-refractivity contribution in [3.8, 4) is 0 Å². The molecule has 106 valence electrons. The van der Waals surface area contributed by atoms with E-state index in [1.807, 2.05) is 48.5 Å². The lowest BCUT2D eigenvalue weighted by atomic mass is 10.00. The summed E-state index contributed by atoms with van der Waals surface area (Å²) in [5.74, 6) is 0. The third kappa shape index (κ3) is 3.42. The van der Waals surface area contributed by atoms with Gasteiger partial charge in [-0.3, -0.25) is 8.42 Å². The summed E-state index contributed by atoms with van der Waals surface area (Å²) in [6.45, 7) is 0. The van der Waals surface area contributed by atoms with E-state index < -0.39 is 21.6 Å². The smallest absolute Gasteiger partial charge is 0.0551 e. The second-order valence-corrected chi connectivity index (χ2v) is 7.28. The van der Waals surface area contributed by atoms with Crippen molar-refractivity contribution in [2.75, 3.05) is 12.5 Å². The summed E-state index contributed by atoms with van der Waals surface area (Å²) in [7, 11) is -1.96. The molecular formula is C15H17NO2S2. The second-order valence-electron chi connectivity index (χ2n) is 4.52. The molecule has 0 saturated heterocycles. The first-order valence-corrected chi connectivity index (χ1v) is 9.23. The van der Waals surface area contributed by atoms with Gasteiger partial charge in [-0.15, -0.1) is 0 Å². The van der Waals surface area contributed by atoms with Gasteiger partial charge in [-0.2, -0.15) is 0 Å². The van der Waals surface area contributed by atoms with E-state index in [-0.39, 0.29) is 6.04 Å². The van der Waals surface area contributed by atoms with Crippen LogP contribution in [0.1, 0.15) is 17.2 Å². The summed E-state index contributed by atoms with van der Waals surface area (Å²) in [5, 5.41) is 0. The maximum Gasteiger partial charge on any atom is 0.0551 e. The Labute approximate surface area is 124 Å². The first kappa shape index (κ1) is 15.1. The lowest BCUT2D eigenvalue weighted by Gasteiger charge is -2.13. The largest absolute Gasteiger partial charge is 0.320 e. The van der Waals surface area contributed by atoms with Gasteiger partial charge < -0.3 is 5.73 Å². The third-order valence-corrected chi connectivity index (χ3v) is 5.01. The van der Waals surface area contributed by atoms with E-state index in [4.69, 9.17) is 5.73 Å². The standard InChI is InChI=1S/C15H17NO2S2/c1-19(17)13-7-3-11(4-8-13)15(16)12-5-9-14(10-6-12)20(2)18/h3-10,15H,16H2,1-2H3. The van der Waals surface area contributed by atoms with Gasteiger partial charge in [0.1, 0.15) is 0 Å². The molecule has 0 heterocycles. The minimum Gasteiger partial charge on any atom is -0.320 e. The predicted molar refractivity (Wildman–Crippen MR) is 83.6 cm³/mol. The molecule has 2 aromatic carbocycles. The molecule has 0 radical (unpaired) electrons. The highest BCUT2D eigenvalue weighted by Gasteiger charge is 2.10. The van der Waals surface area contributed by atoms with Gasteiger partial charge in [0.2, 0.25) is 0 Å². The zero-order chi connectivity index (χ0) is 14.7. The monoisotopic (exact) mass is 307 g/mol. The molecule has 2 N–H and O–H groups in total. The van der Waals surface area contributed by atoms with Crippen LogP contribution in [0.25, 0.3) is 0 Å². The number of benzene rings is 2. The molecule has 2 atom stereocenters. The van der Waals surface area contributed by atoms with Crippen molar-refractivity contribution in [2.24, 2.45) is 5.73 Å². The Hall–Kier alpha value is -1.30. The maximum atomic E-state index is 11.3. The molecule has 0 spiro atoms. The summed E-state index contributed by atoms with van der Waals surface area (Å²) in [6, 6.07) is 14.7. The molecule has 2 aromatic rings. The second kappa shape index (κ2) is 6.43. The summed E-state index contributed by atoms with van der Waals surface area (Å²) < 4.78 is 22.7. The van der Waals surface area contributed by atoms with E-state index in [9.17, 15) is 8.42 Å². The first-order chi connectivity index (χ1) is 9.49. The van der Waals surface area contributed by atoms with Crippen molar-refractivity contribution in [3.63, 3.8) is 0 Å². The van der Waals surface area contributed by atoms with E-state index in [1.54, 1.807) is 12.5 Å².